The van der Waals surface area contributed by atoms with Gasteiger partial charge in [0.05, 0.1) is 19.8 Å². The van der Waals surface area contributed by atoms with Gasteiger partial charge in [0.15, 0.2) is 0 Å². The summed E-state index contributed by atoms with van der Waals surface area (Å²) in [4.78, 5) is 12.4. The molecule has 0 bridgehead atoms. The van der Waals surface area contributed by atoms with Crippen LogP contribution >= 0.6 is 11.3 Å². The van der Waals surface area contributed by atoms with E-state index < -0.39 is 0 Å². The largest absolute Gasteiger partial charge is 0.497 e. The zero-order valence-electron chi connectivity index (χ0n) is 14.6. The van der Waals surface area contributed by atoms with Gasteiger partial charge < -0.3 is 14.5 Å². The number of rotatable bonds is 6. The third-order valence-electron chi connectivity index (χ3n) is 4.13. The van der Waals surface area contributed by atoms with Gasteiger partial charge >= 0.3 is 0 Å². The summed E-state index contributed by atoms with van der Waals surface area (Å²) in [5.41, 5.74) is 2.67. The molecule has 0 aliphatic heterocycles. The normalized spacial score (nSPS) is 10.9. The summed E-state index contributed by atoms with van der Waals surface area (Å²) in [6.45, 7) is 0. The van der Waals surface area contributed by atoms with Gasteiger partial charge in [-0.3, -0.25) is 4.79 Å². The fraction of sp³-hybridized carbons (Fsp3) is 0.150. The Hall–Kier alpha value is -3.19. The topological polar surface area (TPSA) is 77.2 Å². The highest BCUT2D eigenvalue weighted by atomic mass is 32.1. The molecule has 4 aromatic rings. The summed E-state index contributed by atoms with van der Waals surface area (Å²) in [6, 6.07) is 15.6. The van der Waals surface area contributed by atoms with Crippen LogP contribution in [0.25, 0.3) is 11.0 Å². The number of carbonyl (C=O) groups excluding carboxylic acids is 1. The summed E-state index contributed by atoms with van der Waals surface area (Å²) >= 11 is 1.38. The lowest BCUT2D eigenvalue weighted by molar-refractivity contribution is -0.115. The molecule has 2 aromatic heterocycles. The van der Waals surface area contributed by atoms with Gasteiger partial charge in [0.25, 0.3) is 0 Å². The monoisotopic (exact) mass is 379 g/mol. The minimum atomic E-state index is -0.157. The maximum atomic E-state index is 12.4. The number of fused-ring (bicyclic) bond motifs is 1. The second kappa shape index (κ2) is 7.59. The summed E-state index contributed by atoms with van der Waals surface area (Å²) in [5.74, 6) is 0.559. The van der Waals surface area contributed by atoms with Crippen molar-refractivity contribution < 1.29 is 13.9 Å². The van der Waals surface area contributed by atoms with Crippen LogP contribution in [-0.4, -0.2) is 23.2 Å². The van der Waals surface area contributed by atoms with Crippen molar-refractivity contribution >= 4 is 33.3 Å². The third kappa shape index (κ3) is 3.98. The smallest absolute Gasteiger partial charge is 0.230 e. The van der Waals surface area contributed by atoms with Crippen molar-refractivity contribution in [2.75, 3.05) is 12.4 Å². The molecule has 0 saturated heterocycles. The maximum Gasteiger partial charge on any atom is 0.230 e. The van der Waals surface area contributed by atoms with E-state index >= 15 is 0 Å². The molecular formula is C20H17N3O3S. The van der Waals surface area contributed by atoms with Crippen molar-refractivity contribution in [2.24, 2.45) is 0 Å². The van der Waals surface area contributed by atoms with E-state index in [0.717, 1.165) is 21.5 Å². The predicted molar refractivity (Wildman–Crippen MR) is 104 cm³/mol. The van der Waals surface area contributed by atoms with Crippen LogP contribution in [0.1, 0.15) is 16.1 Å². The molecule has 0 fully saturated rings. The number of nitrogens with zero attached hydrogens (tertiary/aromatic N) is 2. The van der Waals surface area contributed by atoms with E-state index in [4.69, 9.17) is 9.15 Å². The van der Waals surface area contributed by atoms with Crippen LogP contribution in [0, 0.1) is 0 Å². The number of furan rings is 1. The Kier molecular flexibility index (Phi) is 4.84. The van der Waals surface area contributed by atoms with Crippen LogP contribution in [0.3, 0.4) is 0 Å². The van der Waals surface area contributed by atoms with E-state index in [1.807, 2.05) is 42.5 Å². The number of anilines is 1. The van der Waals surface area contributed by atoms with E-state index in [1.54, 1.807) is 19.4 Å². The standard InChI is InChI=1S/C20H17N3O3S/c1-25-15-7-8-16-14(12-26-17(16)11-15)10-18(24)21-20-23-22-19(27-20)9-13-5-3-2-4-6-13/h2-8,11-12H,9-10H2,1H3,(H,21,23,24). The number of nitrogens with one attached hydrogen (secondary N) is 1. The first-order valence-corrected chi connectivity index (χ1v) is 9.23. The Morgan fingerprint density at radius 3 is 2.85 bits per heavy atom. The molecule has 0 atom stereocenters. The van der Waals surface area contributed by atoms with Crippen molar-refractivity contribution in [3.63, 3.8) is 0 Å². The Morgan fingerprint density at radius 1 is 1.19 bits per heavy atom. The predicted octanol–water partition coefficient (Wildman–Crippen LogP) is 4.06. The van der Waals surface area contributed by atoms with Crippen LogP contribution in [0.5, 0.6) is 5.75 Å². The van der Waals surface area contributed by atoms with Crippen LogP contribution in [0.15, 0.2) is 59.2 Å². The Bertz CT molecular complexity index is 1070. The second-order valence-electron chi connectivity index (χ2n) is 6.01. The molecule has 2 heterocycles. The zero-order valence-corrected chi connectivity index (χ0v) is 15.5. The number of hydrogen-bond acceptors (Lipinski definition) is 6. The zero-order chi connectivity index (χ0) is 18.6. The van der Waals surface area contributed by atoms with Crippen molar-refractivity contribution in [1.29, 1.82) is 0 Å². The number of hydrogen-bond donors (Lipinski definition) is 1. The molecule has 0 aliphatic rings. The maximum absolute atomic E-state index is 12.4. The SMILES string of the molecule is COc1ccc2c(CC(=O)Nc3nnc(Cc4ccccc4)s3)coc2c1. The average Bonchev–Trinajstić information content (AvgIpc) is 3.29. The van der Waals surface area contributed by atoms with Gasteiger partial charge in [0.1, 0.15) is 16.3 Å². The Balaban J connectivity index is 1.41. The van der Waals surface area contributed by atoms with E-state index in [2.05, 4.69) is 15.5 Å². The van der Waals surface area contributed by atoms with Crippen molar-refractivity contribution in [3.8, 4) is 5.75 Å². The van der Waals surface area contributed by atoms with Gasteiger partial charge in [-0.15, -0.1) is 10.2 Å². The molecule has 0 unspecified atom stereocenters. The first kappa shape index (κ1) is 17.2. The number of carbonyl (C=O) groups is 1. The fourth-order valence-corrected chi connectivity index (χ4v) is 3.60. The van der Waals surface area contributed by atoms with Crippen LogP contribution in [0.4, 0.5) is 5.13 Å². The average molecular weight is 379 g/mol. The van der Waals surface area contributed by atoms with Gasteiger partial charge in [-0.05, 0) is 17.7 Å². The molecule has 1 N–H and O–H groups in total. The number of methoxy groups -OCH3 is 1. The molecule has 0 spiro atoms. The van der Waals surface area contributed by atoms with Gasteiger partial charge in [0, 0.05) is 23.4 Å². The number of benzene rings is 2. The fourth-order valence-electron chi connectivity index (χ4n) is 2.81. The lowest BCUT2D eigenvalue weighted by Gasteiger charge is -2.01. The quantitative estimate of drug-likeness (QED) is 0.546. The van der Waals surface area contributed by atoms with E-state index in [0.29, 0.717) is 22.9 Å². The van der Waals surface area contributed by atoms with Crippen LogP contribution < -0.4 is 10.1 Å². The van der Waals surface area contributed by atoms with Gasteiger partial charge in [-0.2, -0.15) is 0 Å². The van der Waals surface area contributed by atoms with Gasteiger partial charge in [0.2, 0.25) is 11.0 Å². The molecule has 7 heteroatoms. The number of aromatic nitrogens is 2. The van der Waals surface area contributed by atoms with Crippen LogP contribution in [0.2, 0.25) is 0 Å². The second-order valence-corrected chi connectivity index (χ2v) is 7.07. The lowest BCUT2D eigenvalue weighted by atomic mass is 10.1. The highest BCUT2D eigenvalue weighted by molar-refractivity contribution is 7.15. The van der Waals surface area contributed by atoms with Gasteiger partial charge in [-0.1, -0.05) is 41.7 Å². The first-order valence-electron chi connectivity index (χ1n) is 8.41. The lowest BCUT2D eigenvalue weighted by Crippen LogP contribution is -2.13. The Labute approximate surface area is 159 Å². The molecule has 136 valence electrons. The molecule has 1 amide bonds. The highest BCUT2D eigenvalue weighted by Gasteiger charge is 2.13. The van der Waals surface area contributed by atoms with E-state index in [-0.39, 0.29) is 12.3 Å². The van der Waals surface area contributed by atoms with Crippen molar-refractivity contribution in [1.82, 2.24) is 10.2 Å². The minimum Gasteiger partial charge on any atom is -0.497 e. The molecule has 6 nitrogen and oxygen atoms in total. The molecular weight excluding hydrogens is 362 g/mol. The minimum absolute atomic E-state index is 0.157. The highest BCUT2D eigenvalue weighted by Crippen LogP contribution is 2.26. The van der Waals surface area contributed by atoms with Crippen molar-refractivity contribution in [3.05, 3.63) is 70.9 Å². The molecule has 4 rings (SSSR count). The number of ether oxygens (including phenoxy) is 1. The molecule has 0 radical (unpaired) electrons. The number of amides is 1. The van der Waals surface area contributed by atoms with Gasteiger partial charge in [-0.25, -0.2) is 0 Å². The Morgan fingerprint density at radius 2 is 2.04 bits per heavy atom. The van der Waals surface area contributed by atoms with E-state index in [9.17, 15) is 4.79 Å². The summed E-state index contributed by atoms with van der Waals surface area (Å²) in [5, 5.41) is 13.3. The first-order chi connectivity index (χ1) is 13.2. The molecule has 0 aliphatic carbocycles. The van der Waals surface area contributed by atoms with Crippen LogP contribution in [-0.2, 0) is 17.6 Å². The van der Waals surface area contributed by atoms with E-state index in [1.165, 1.54) is 11.3 Å². The summed E-state index contributed by atoms with van der Waals surface area (Å²) in [7, 11) is 1.60. The molecule has 27 heavy (non-hydrogen) atoms. The van der Waals surface area contributed by atoms with Crippen molar-refractivity contribution in [2.45, 2.75) is 12.8 Å². The summed E-state index contributed by atoms with van der Waals surface area (Å²) in [6.07, 6.45) is 2.50. The molecule has 2 aromatic carbocycles. The third-order valence-corrected chi connectivity index (χ3v) is 4.96. The molecule has 0 saturated carbocycles. The summed E-state index contributed by atoms with van der Waals surface area (Å²) < 4.78 is 10.7.